The standard InChI is InChI=1S/C20H18N4OS2/c1-11-6-7-14-16(8-11)27-20(21-14)24-9-13(10-24)18(25)23-19-22-17-12(2)4-3-5-15(17)26-19/h3-8,13H,9-10H2,1-2H3,(H,22,23,25). The minimum absolute atomic E-state index is 0.0214. The smallest absolute Gasteiger partial charge is 0.232 e. The second kappa shape index (κ2) is 6.28. The fraction of sp³-hybridized carbons (Fsp3) is 0.250. The van der Waals surface area contributed by atoms with Crippen LogP contribution in [0.3, 0.4) is 0 Å². The highest BCUT2D eigenvalue weighted by molar-refractivity contribution is 7.22. The summed E-state index contributed by atoms with van der Waals surface area (Å²) in [6.07, 6.45) is 0. The highest BCUT2D eigenvalue weighted by Crippen LogP contribution is 2.34. The number of thiazole rings is 2. The number of nitrogens with zero attached hydrogens (tertiary/aromatic N) is 3. The van der Waals surface area contributed by atoms with E-state index in [-0.39, 0.29) is 11.8 Å². The minimum atomic E-state index is -0.0214. The molecule has 1 fully saturated rings. The number of benzene rings is 2. The Labute approximate surface area is 164 Å². The van der Waals surface area contributed by atoms with Crippen molar-refractivity contribution >= 4 is 59.3 Å². The Morgan fingerprint density at radius 3 is 2.78 bits per heavy atom. The number of hydrogen-bond acceptors (Lipinski definition) is 6. The van der Waals surface area contributed by atoms with E-state index >= 15 is 0 Å². The monoisotopic (exact) mass is 394 g/mol. The summed E-state index contributed by atoms with van der Waals surface area (Å²) in [6, 6.07) is 12.4. The summed E-state index contributed by atoms with van der Waals surface area (Å²) in [5.74, 6) is 0.0202. The summed E-state index contributed by atoms with van der Waals surface area (Å²) in [5, 5.41) is 4.67. The number of aryl methyl sites for hydroxylation is 2. The molecule has 1 N–H and O–H groups in total. The van der Waals surface area contributed by atoms with Crippen LogP contribution in [0, 0.1) is 19.8 Å². The van der Waals surface area contributed by atoms with Crippen molar-refractivity contribution in [2.45, 2.75) is 13.8 Å². The van der Waals surface area contributed by atoms with Crippen LogP contribution in [-0.2, 0) is 4.79 Å². The Balaban J connectivity index is 1.26. The Morgan fingerprint density at radius 1 is 1.11 bits per heavy atom. The van der Waals surface area contributed by atoms with E-state index in [4.69, 9.17) is 4.98 Å². The van der Waals surface area contributed by atoms with Crippen LogP contribution in [0.1, 0.15) is 11.1 Å². The summed E-state index contributed by atoms with van der Waals surface area (Å²) in [6.45, 7) is 5.53. The first-order chi connectivity index (χ1) is 13.1. The van der Waals surface area contributed by atoms with Crippen molar-refractivity contribution in [1.29, 1.82) is 0 Å². The lowest BCUT2D eigenvalue weighted by Crippen LogP contribution is -2.52. The highest BCUT2D eigenvalue weighted by atomic mass is 32.1. The Morgan fingerprint density at radius 2 is 1.96 bits per heavy atom. The molecule has 0 atom stereocenters. The van der Waals surface area contributed by atoms with Gasteiger partial charge in [0.1, 0.15) is 0 Å². The molecule has 2 aromatic heterocycles. The third-order valence-corrected chi connectivity index (χ3v) is 6.92. The fourth-order valence-electron chi connectivity index (χ4n) is 3.30. The molecule has 1 aliphatic heterocycles. The van der Waals surface area contributed by atoms with Gasteiger partial charge in [0.2, 0.25) is 5.91 Å². The number of amides is 1. The quantitative estimate of drug-likeness (QED) is 0.552. The molecule has 5 nitrogen and oxygen atoms in total. The molecule has 0 saturated carbocycles. The van der Waals surface area contributed by atoms with Crippen molar-refractivity contribution in [2.75, 3.05) is 23.3 Å². The van der Waals surface area contributed by atoms with Crippen LogP contribution in [0.2, 0.25) is 0 Å². The molecule has 0 spiro atoms. The van der Waals surface area contributed by atoms with Gasteiger partial charge in [0, 0.05) is 13.1 Å². The van der Waals surface area contributed by atoms with Gasteiger partial charge < -0.3 is 10.2 Å². The van der Waals surface area contributed by atoms with Gasteiger partial charge in [0.05, 0.1) is 26.4 Å². The van der Waals surface area contributed by atoms with E-state index in [1.807, 2.05) is 25.1 Å². The summed E-state index contributed by atoms with van der Waals surface area (Å²) >= 11 is 3.22. The molecular formula is C20H18N4OS2. The van der Waals surface area contributed by atoms with Crippen molar-refractivity contribution in [1.82, 2.24) is 9.97 Å². The van der Waals surface area contributed by atoms with Crippen LogP contribution in [0.4, 0.5) is 10.3 Å². The van der Waals surface area contributed by atoms with Gasteiger partial charge >= 0.3 is 0 Å². The van der Waals surface area contributed by atoms with Gasteiger partial charge in [-0.1, -0.05) is 40.9 Å². The van der Waals surface area contributed by atoms with E-state index in [1.54, 1.807) is 11.3 Å². The van der Waals surface area contributed by atoms with E-state index in [2.05, 4.69) is 40.3 Å². The van der Waals surface area contributed by atoms with Crippen LogP contribution >= 0.6 is 22.7 Å². The summed E-state index contributed by atoms with van der Waals surface area (Å²) in [4.78, 5) is 24.0. The largest absolute Gasteiger partial charge is 0.346 e. The van der Waals surface area contributed by atoms with Crippen molar-refractivity contribution in [3.05, 3.63) is 47.5 Å². The summed E-state index contributed by atoms with van der Waals surface area (Å²) in [7, 11) is 0. The van der Waals surface area contributed by atoms with Gasteiger partial charge in [-0.05, 0) is 43.2 Å². The number of aromatic nitrogens is 2. The molecule has 136 valence electrons. The molecule has 5 rings (SSSR count). The van der Waals surface area contributed by atoms with Gasteiger partial charge in [-0.2, -0.15) is 0 Å². The topological polar surface area (TPSA) is 58.1 Å². The second-order valence-electron chi connectivity index (χ2n) is 7.00. The van der Waals surface area contributed by atoms with Crippen molar-refractivity contribution < 1.29 is 4.79 Å². The van der Waals surface area contributed by atoms with E-state index in [0.29, 0.717) is 18.2 Å². The van der Waals surface area contributed by atoms with Gasteiger partial charge in [-0.3, -0.25) is 4.79 Å². The average molecular weight is 395 g/mol. The number of carbonyl (C=O) groups excluding carboxylic acids is 1. The number of fused-ring (bicyclic) bond motifs is 2. The molecule has 1 saturated heterocycles. The number of anilines is 2. The first-order valence-corrected chi connectivity index (χ1v) is 10.5. The normalized spacial score (nSPS) is 14.7. The molecular weight excluding hydrogens is 376 g/mol. The van der Waals surface area contributed by atoms with Crippen LogP contribution in [0.5, 0.6) is 0 Å². The molecule has 1 aliphatic rings. The first-order valence-electron chi connectivity index (χ1n) is 8.86. The van der Waals surface area contributed by atoms with Gasteiger partial charge in [-0.25, -0.2) is 9.97 Å². The Bertz CT molecular complexity index is 1170. The average Bonchev–Trinajstić information content (AvgIpc) is 3.17. The maximum Gasteiger partial charge on any atom is 0.232 e. The molecule has 0 aliphatic carbocycles. The predicted molar refractivity (Wildman–Crippen MR) is 113 cm³/mol. The molecule has 0 radical (unpaired) electrons. The summed E-state index contributed by atoms with van der Waals surface area (Å²) < 4.78 is 2.30. The predicted octanol–water partition coefficient (Wildman–Crippen LogP) is 4.60. The number of nitrogens with one attached hydrogen (secondary N) is 1. The van der Waals surface area contributed by atoms with Gasteiger partial charge in [0.25, 0.3) is 0 Å². The van der Waals surface area contributed by atoms with Crippen LogP contribution in [0.25, 0.3) is 20.4 Å². The molecule has 4 aromatic rings. The van der Waals surface area contributed by atoms with Crippen molar-refractivity contribution in [3.8, 4) is 0 Å². The van der Waals surface area contributed by atoms with Crippen LogP contribution < -0.4 is 10.2 Å². The van der Waals surface area contributed by atoms with E-state index < -0.39 is 0 Å². The number of para-hydroxylation sites is 1. The zero-order valence-electron chi connectivity index (χ0n) is 15.0. The Hall–Kier alpha value is -2.51. The highest BCUT2D eigenvalue weighted by Gasteiger charge is 2.34. The lowest BCUT2D eigenvalue weighted by Gasteiger charge is -2.37. The van der Waals surface area contributed by atoms with E-state index in [1.165, 1.54) is 21.6 Å². The van der Waals surface area contributed by atoms with Gasteiger partial charge in [0.15, 0.2) is 10.3 Å². The molecule has 0 unspecified atom stereocenters. The zero-order valence-corrected chi connectivity index (χ0v) is 16.7. The third-order valence-electron chi connectivity index (χ3n) is 4.91. The minimum Gasteiger partial charge on any atom is -0.346 e. The maximum absolute atomic E-state index is 12.6. The third kappa shape index (κ3) is 2.96. The van der Waals surface area contributed by atoms with Gasteiger partial charge in [-0.15, -0.1) is 0 Å². The zero-order chi connectivity index (χ0) is 18.5. The molecule has 27 heavy (non-hydrogen) atoms. The number of carbonyl (C=O) groups is 1. The summed E-state index contributed by atoms with van der Waals surface area (Å²) in [5.41, 5.74) is 4.37. The lowest BCUT2D eigenvalue weighted by atomic mass is 10.0. The van der Waals surface area contributed by atoms with E-state index in [9.17, 15) is 4.79 Å². The second-order valence-corrected chi connectivity index (χ2v) is 9.04. The Kier molecular flexibility index (Phi) is 3.87. The maximum atomic E-state index is 12.6. The molecule has 3 heterocycles. The SMILES string of the molecule is Cc1ccc2nc(N3CC(C(=O)Nc4nc5c(C)cccc5s4)C3)sc2c1. The molecule has 2 aromatic carbocycles. The lowest BCUT2D eigenvalue weighted by molar-refractivity contribution is -0.120. The van der Waals surface area contributed by atoms with Crippen molar-refractivity contribution in [3.63, 3.8) is 0 Å². The van der Waals surface area contributed by atoms with E-state index in [0.717, 1.165) is 26.4 Å². The van der Waals surface area contributed by atoms with Crippen LogP contribution in [-0.4, -0.2) is 29.0 Å². The number of rotatable bonds is 3. The molecule has 1 amide bonds. The molecule has 0 bridgehead atoms. The first kappa shape index (κ1) is 16.6. The van der Waals surface area contributed by atoms with Crippen molar-refractivity contribution in [2.24, 2.45) is 5.92 Å². The number of hydrogen-bond donors (Lipinski definition) is 1. The fourth-order valence-corrected chi connectivity index (χ4v) is 5.33. The van der Waals surface area contributed by atoms with Crippen LogP contribution in [0.15, 0.2) is 36.4 Å². The molecule has 7 heteroatoms.